The number of nitrogens with two attached hydrogens (primary N) is 6. The molecule has 6 aliphatic rings. The van der Waals surface area contributed by atoms with Crippen molar-refractivity contribution in [2.24, 2.45) is 0 Å². The molecule has 5 unspecified atom stereocenters. The number of rotatable bonds is 34. The first-order chi connectivity index (χ1) is 58.5. The van der Waals surface area contributed by atoms with Gasteiger partial charge in [-0.25, -0.2) is 42.3 Å². The standard InChI is InChI=1S/C57H74N24O37P6/c58-52-70-46-43(49(86)73-52)64-19-79(46)40-8-23(113-119(89,90)91)29(110-40)14-102-121(94,95)117-26-11-41(80-20-65-44-47(80)71-53(59)74-50(44)87)112-33(26)18-106-124(100,101)118-27-12-42(81-21-66-45-48(81)72-54(60)75-51(45)88)111-32(27)17-105-123(98,99)116-25-10-39(78-6-3-36(85)69-57(78)63)109-31(25)16-104-122(96,97)115-24-9-38(77-5-2-35(84)68-56(77)62)108-30(24)15-103-120(92,93)114-22-7-37(107-28(22)13-82)76-4-1-34(83)67-55(76)61/h1-6,19-33,37-42,82H,7-18H2,(H,92,93)(H,94,95)(H,96,97)(H,98,99)(H,100,101)(H2,61,67,83)(H2,62,68,84)(H2,63,69,85)(H2,89,90,91)(H3,58,70,73,86)(H3,59,71,74,87)(H3,60,72,75,88)/t22-,23-,24-,25-,26-,27-,28+,29+,30+,31+,32+,33+,37+,38+,39+,40+,41+,42+/m0/s1. The number of nitrogens with zero attached hydrogens (tertiary/aromatic N) is 15. The Morgan fingerprint density at radius 3 is 0.806 bits per heavy atom. The molecule has 15 heterocycles. The molecule has 0 aromatic carbocycles. The summed E-state index contributed by atoms with van der Waals surface area (Å²) >= 11 is 0. The van der Waals surface area contributed by atoms with Crippen LogP contribution in [0.15, 0.2) is 84.5 Å². The molecule has 15 rings (SSSR count). The molecule has 0 saturated carbocycles. The van der Waals surface area contributed by atoms with Crippen LogP contribution in [0.2, 0.25) is 0 Å². The van der Waals surface area contributed by atoms with E-state index in [4.69, 9.17) is 113 Å². The SMILES string of the molecule is Nc1nc2c(ncn2[C@H]2C[C@H](OP(=O)(O)O)[C@@H](COP(=O)(O)O[C@H]3C[C@H](n4cnc5c(=O)[nH]c(N)nc54)O[C@@H]3COP(=O)(O)O[C@H]3C[C@H](n4cnc5c(=O)[nH]c(N)nc54)O[C@@H]3COP(=O)(O)O[C@H]3C[C@H](n4ccc(=O)nc4N)O[C@@H]3COP(=O)(O)O[C@H]3C[C@H](n4ccc(=O)nc4N)O[C@@H]3COP(=O)(O)O[C@H]3C[C@H](n4ccc(=O)nc4N)O[C@@H]3CO)O2)c(=O)[nH]1. The highest BCUT2D eigenvalue weighted by Gasteiger charge is 2.52. The van der Waals surface area contributed by atoms with Crippen LogP contribution in [0.5, 0.6) is 0 Å². The van der Waals surface area contributed by atoms with Gasteiger partial charge in [-0.1, -0.05) is 0 Å². The first-order valence-electron chi connectivity index (χ1n) is 36.2. The van der Waals surface area contributed by atoms with Crippen LogP contribution in [0.3, 0.4) is 0 Å². The summed E-state index contributed by atoms with van der Waals surface area (Å²) in [6.45, 7) is -6.21. The second-order valence-electron chi connectivity index (χ2n) is 28.0. The number of aromatic nitrogens is 18. The molecule has 23 atom stereocenters. The minimum atomic E-state index is -5.67. The Kier molecular flexibility index (Phi) is 25.5. The van der Waals surface area contributed by atoms with E-state index in [1.165, 1.54) is 15.3 Å². The number of nitrogens with one attached hydrogen (secondary N) is 3. The predicted molar refractivity (Wildman–Crippen MR) is 405 cm³/mol. The van der Waals surface area contributed by atoms with Crippen LogP contribution >= 0.6 is 46.9 Å². The summed E-state index contributed by atoms with van der Waals surface area (Å²) in [7, 11) is -33.1. The molecule has 6 saturated heterocycles. The molecule has 67 heteroatoms. The van der Waals surface area contributed by atoms with Crippen LogP contribution < -0.4 is 67.8 Å². The summed E-state index contributed by atoms with van der Waals surface area (Å²) in [5.41, 5.74) is 29.4. The van der Waals surface area contributed by atoms with Gasteiger partial charge >= 0.3 is 46.9 Å². The van der Waals surface area contributed by atoms with Crippen molar-refractivity contribution in [3.8, 4) is 0 Å². The predicted octanol–water partition coefficient (Wildman–Crippen LogP) is -3.64. The van der Waals surface area contributed by atoms with E-state index in [1.807, 2.05) is 0 Å². The fourth-order valence-corrected chi connectivity index (χ4v) is 19.7. The smallest absolute Gasteiger partial charge is 0.394 e. The number of H-pyrrole nitrogens is 3. The lowest BCUT2D eigenvalue weighted by Crippen LogP contribution is -2.32. The summed E-state index contributed by atoms with van der Waals surface area (Å²) in [6, 6.07) is 2.99. The van der Waals surface area contributed by atoms with Crippen molar-refractivity contribution in [3.05, 3.63) is 118 Å². The number of imidazole rings is 3. The number of nitrogen functional groups attached to an aromatic ring is 6. The Morgan fingerprint density at radius 1 is 0.347 bits per heavy atom. The zero-order valence-electron chi connectivity index (χ0n) is 62.8. The summed E-state index contributed by atoms with van der Waals surface area (Å²) < 4.78 is 186. The highest BCUT2D eigenvalue weighted by molar-refractivity contribution is 7.48. The molecule has 0 amide bonds. The second-order valence-corrected chi connectivity index (χ2v) is 36.2. The topological polar surface area (TPSA) is 873 Å². The first-order valence-corrected chi connectivity index (χ1v) is 45.3. The zero-order valence-corrected chi connectivity index (χ0v) is 68.2. The van der Waals surface area contributed by atoms with Gasteiger partial charge in [0.15, 0.2) is 33.5 Å². The Hall–Kier alpha value is -9.13. The third-order valence-electron chi connectivity index (χ3n) is 19.7. The van der Waals surface area contributed by atoms with Crippen molar-refractivity contribution >= 4 is 116 Å². The van der Waals surface area contributed by atoms with Crippen molar-refractivity contribution in [3.63, 3.8) is 0 Å². The molecule has 674 valence electrons. The summed E-state index contributed by atoms with van der Waals surface area (Å²) in [6.07, 6.45) is -24.2. The van der Waals surface area contributed by atoms with Crippen molar-refractivity contribution in [1.82, 2.24) is 87.2 Å². The molecule has 0 radical (unpaired) electrons. The van der Waals surface area contributed by atoms with E-state index in [1.54, 1.807) is 0 Å². The molecule has 124 heavy (non-hydrogen) atoms. The maximum absolute atomic E-state index is 14.5. The van der Waals surface area contributed by atoms with E-state index in [-0.39, 0.29) is 51.8 Å². The van der Waals surface area contributed by atoms with E-state index >= 15 is 0 Å². The van der Waals surface area contributed by atoms with Gasteiger partial charge in [-0.05, 0) is 0 Å². The van der Waals surface area contributed by atoms with Gasteiger partial charge in [0.05, 0.1) is 58.6 Å². The van der Waals surface area contributed by atoms with Crippen molar-refractivity contribution < 1.29 is 145 Å². The minimum Gasteiger partial charge on any atom is -0.394 e. The molecule has 0 bridgehead atoms. The van der Waals surface area contributed by atoms with Crippen LogP contribution in [-0.4, -0.2) is 239 Å². The average Bonchev–Trinajstić information content (AvgIpc) is 1.63. The summed E-state index contributed by atoms with van der Waals surface area (Å²) in [5.74, 6) is -2.38. The molecular weight excluding hydrogens is 1800 g/mol. The van der Waals surface area contributed by atoms with Gasteiger partial charge in [0.25, 0.3) is 33.4 Å². The van der Waals surface area contributed by atoms with E-state index in [0.29, 0.717) is 0 Å². The molecule has 9 aromatic rings. The summed E-state index contributed by atoms with van der Waals surface area (Å²) in [4.78, 5) is 194. The number of hydrogen-bond acceptors (Lipinski definition) is 45. The third kappa shape index (κ3) is 20.4. The minimum absolute atomic E-state index is 0.140. The van der Waals surface area contributed by atoms with Crippen LogP contribution in [0.1, 0.15) is 75.9 Å². The number of hydrogen-bond donors (Lipinski definition) is 17. The highest BCUT2D eigenvalue weighted by Crippen LogP contribution is 2.57. The number of aliphatic hydroxyl groups is 1. The van der Waals surface area contributed by atoms with Gasteiger partial charge in [-0.2, -0.15) is 29.9 Å². The fourth-order valence-electron chi connectivity index (χ4n) is 14.3. The van der Waals surface area contributed by atoms with Crippen LogP contribution in [0, 0.1) is 0 Å². The molecular formula is C57H74N24O37P6. The lowest BCUT2D eigenvalue weighted by atomic mass is 10.2. The monoisotopic (exact) mass is 1870 g/mol. The Balaban J connectivity index is 0.639. The van der Waals surface area contributed by atoms with Gasteiger partial charge in [0.1, 0.15) is 111 Å². The van der Waals surface area contributed by atoms with Gasteiger partial charge in [-0.3, -0.25) is 121 Å². The number of ether oxygens (including phenoxy) is 6. The quantitative estimate of drug-likeness (QED) is 0.0173. The normalized spacial score (nSPS) is 29.2. The molecule has 0 spiro atoms. The molecule has 23 N–H and O–H groups in total. The largest absolute Gasteiger partial charge is 0.472 e. The fraction of sp³-hybridized carbons (Fsp3) is 0.526. The van der Waals surface area contributed by atoms with E-state index in [9.17, 15) is 95.5 Å². The van der Waals surface area contributed by atoms with E-state index in [0.717, 1.165) is 67.8 Å². The number of aromatic amines is 3. The van der Waals surface area contributed by atoms with Gasteiger partial charge in [0, 0.05) is 75.3 Å². The Bertz CT molecular complexity index is 6230. The first kappa shape index (κ1) is 89.7. The van der Waals surface area contributed by atoms with Gasteiger partial charge in [-0.15, -0.1) is 0 Å². The average molecular weight is 1870 g/mol. The Labute approximate surface area is 686 Å². The number of fused-ring (bicyclic) bond motifs is 3. The molecule has 61 nitrogen and oxygen atoms in total. The van der Waals surface area contributed by atoms with Gasteiger partial charge in [0.2, 0.25) is 35.7 Å². The number of aliphatic hydroxyl groups excluding tert-OH is 1. The maximum Gasteiger partial charge on any atom is 0.472 e. The maximum atomic E-state index is 14.5. The lowest BCUT2D eigenvalue weighted by Gasteiger charge is -2.26. The van der Waals surface area contributed by atoms with Crippen molar-refractivity contribution in [2.45, 2.75) is 149 Å². The van der Waals surface area contributed by atoms with E-state index < -0.39 is 286 Å². The number of anilines is 6. The zero-order chi connectivity index (χ0) is 88.6. The molecule has 6 aliphatic heterocycles. The van der Waals surface area contributed by atoms with Crippen molar-refractivity contribution in [2.75, 3.05) is 74.0 Å². The lowest BCUT2D eigenvalue weighted by molar-refractivity contribution is -0.0641. The third-order valence-corrected chi connectivity index (χ3v) is 25.3. The Morgan fingerprint density at radius 2 is 0.573 bits per heavy atom. The highest BCUT2D eigenvalue weighted by atomic mass is 31.2. The van der Waals surface area contributed by atoms with Crippen molar-refractivity contribution in [1.29, 1.82) is 0 Å². The van der Waals surface area contributed by atoms with Gasteiger partial charge < -0.3 is 102 Å². The van der Waals surface area contributed by atoms with Crippen LogP contribution in [0.4, 0.5) is 35.7 Å². The van der Waals surface area contributed by atoms with Crippen LogP contribution in [0.25, 0.3) is 33.5 Å². The van der Waals surface area contributed by atoms with E-state index in [2.05, 4.69) is 59.8 Å². The number of phosphoric ester groups is 6. The molecule has 0 aliphatic carbocycles. The van der Waals surface area contributed by atoms with Crippen LogP contribution in [-0.2, 0) is 106 Å². The second kappa shape index (κ2) is 35.2. The number of phosphoric acid groups is 6. The molecule has 9 aromatic heterocycles. The molecule has 6 fully saturated rings. The summed E-state index contributed by atoms with van der Waals surface area (Å²) in [5, 5.41) is 10.1.